The van der Waals surface area contributed by atoms with Gasteiger partial charge in [0.05, 0.1) is 74.7 Å². The summed E-state index contributed by atoms with van der Waals surface area (Å²) in [6, 6.07) is 12.7. The number of amides is 3. The Morgan fingerprint density at radius 2 is 1.47 bits per heavy atom. The third-order valence-corrected chi connectivity index (χ3v) is 11.4. The molecule has 62 heavy (non-hydrogen) atoms. The van der Waals surface area contributed by atoms with Crippen molar-refractivity contribution in [3.63, 3.8) is 0 Å². The maximum Gasteiger partial charge on any atom is 0.416 e. The predicted molar refractivity (Wildman–Crippen MR) is 233 cm³/mol. The number of aliphatic hydroxyl groups is 1. The number of nitrogens with one attached hydrogen (secondary N) is 2. The number of aliphatic hydroxyl groups excluding tert-OH is 1. The molecule has 0 bridgehead atoms. The summed E-state index contributed by atoms with van der Waals surface area (Å²) in [7, 11) is 3.01. The second-order valence-corrected chi connectivity index (χ2v) is 15.9. The molecule has 0 aliphatic carbocycles. The molecule has 0 fully saturated rings. The lowest BCUT2D eigenvalue weighted by molar-refractivity contribution is -0.118. The highest BCUT2D eigenvalue weighted by atomic mass is 16.6. The molecule has 4 heterocycles. The molecule has 3 aromatic rings. The van der Waals surface area contributed by atoms with Crippen LogP contribution in [0.3, 0.4) is 0 Å². The van der Waals surface area contributed by atoms with Crippen molar-refractivity contribution in [2.75, 3.05) is 44.3 Å². The SMILES string of the molecule is COc1cc2c(cc1OCCCCCOc1cc3c(cc1OC)C(=O)N1C=C(C)C[C@H]1[C@H](O)N3C(=O)OCc1ccc(NCN[C@@H](C)C(C)=O)cc1)N=C[C@@H]1CC(C)=CN1C2=O. The maximum atomic E-state index is 14.0. The van der Waals surface area contributed by atoms with E-state index >= 15 is 0 Å². The van der Waals surface area contributed by atoms with Crippen molar-refractivity contribution < 1.29 is 48.0 Å². The summed E-state index contributed by atoms with van der Waals surface area (Å²) < 4.78 is 29.3. The van der Waals surface area contributed by atoms with Gasteiger partial charge >= 0.3 is 6.09 Å². The number of aliphatic imine (C=N–C) groups is 1. The molecule has 3 amide bonds. The Kier molecular flexibility index (Phi) is 13.5. The number of ketones is 1. The standard InChI is InChI=1S/C46H54N6O10/c1-27-16-33-22-47-36-20-41(39(58-5)18-34(36)43(54)50(33)23-27)60-14-8-7-9-15-61-42-21-37-35(19-40(42)59-6)44(55)51-24-28(2)17-38(51)45(56)52(37)46(57)62-25-31-10-12-32(13-11-31)49-26-48-29(3)30(4)53/h10-13,18-24,29,33,38,45,48-49,56H,7-9,14-17,25-26H2,1-6H3/t29-,33-,38-,45-/m0/s1. The van der Waals surface area contributed by atoms with Gasteiger partial charge in [0, 0.05) is 36.4 Å². The first-order valence-electron chi connectivity index (χ1n) is 20.8. The molecule has 0 unspecified atom stereocenters. The number of carbonyl (C=O) groups is 4. The van der Waals surface area contributed by atoms with Crippen molar-refractivity contribution in [2.24, 2.45) is 4.99 Å². The van der Waals surface area contributed by atoms with Gasteiger partial charge in [-0.05, 0) is 89.6 Å². The Balaban J connectivity index is 0.982. The number of rotatable bonds is 17. The Morgan fingerprint density at radius 3 is 2.15 bits per heavy atom. The summed E-state index contributed by atoms with van der Waals surface area (Å²) in [5.41, 5.74) is 4.79. The number of benzene rings is 3. The van der Waals surface area contributed by atoms with Crippen molar-refractivity contribution in [2.45, 2.75) is 90.8 Å². The smallest absolute Gasteiger partial charge is 0.416 e. The lowest BCUT2D eigenvalue weighted by atomic mass is 10.1. The molecule has 3 N–H and O–H groups in total. The van der Waals surface area contributed by atoms with Crippen LogP contribution >= 0.6 is 0 Å². The molecule has 0 saturated carbocycles. The topological polar surface area (TPSA) is 181 Å². The molecule has 0 aromatic heterocycles. The molecular weight excluding hydrogens is 797 g/mol. The molecule has 0 radical (unpaired) electrons. The van der Waals surface area contributed by atoms with Gasteiger partial charge in [0.15, 0.2) is 29.2 Å². The van der Waals surface area contributed by atoms with Gasteiger partial charge in [0.25, 0.3) is 11.8 Å². The maximum absolute atomic E-state index is 14.0. The average molecular weight is 851 g/mol. The quantitative estimate of drug-likeness (QED) is 0.0969. The minimum atomic E-state index is -1.43. The van der Waals surface area contributed by atoms with E-state index in [1.165, 1.54) is 32.1 Å². The molecule has 4 aliphatic rings. The van der Waals surface area contributed by atoms with Crippen LogP contribution < -0.4 is 34.5 Å². The van der Waals surface area contributed by atoms with E-state index in [0.717, 1.165) is 34.6 Å². The summed E-state index contributed by atoms with van der Waals surface area (Å²) in [5.74, 6) is 1.06. The van der Waals surface area contributed by atoms with Crippen molar-refractivity contribution in [1.29, 1.82) is 0 Å². The van der Waals surface area contributed by atoms with Crippen LogP contribution in [0.15, 0.2) is 77.1 Å². The highest BCUT2D eigenvalue weighted by Gasteiger charge is 2.45. The first kappa shape index (κ1) is 43.7. The fourth-order valence-electron chi connectivity index (χ4n) is 7.81. The number of methoxy groups -OCH3 is 2. The van der Waals surface area contributed by atoms with E-state index in [-0.39, 0.29) is 48.2 Å². The molecule has 16 nitrogen and oxygen atoms in total. The molecule has 4 aliphatic heterocycles. The first-order valence-corrected chi connectivity index (χ1v) is 20.8. The molecule has 328 valence electrons. The van der Waals surface area contributed by atoms with Crippen LogP contribution in [-0.2, 0) is 16.1 Å². The van der Waals surface area contributed by atoms with E-state index in [4.69, 9.17) is 23.7 Å². The van der Waals surface area contributed by atoms with Crippen LogP contribution in [0.1, 0.15) is 86.1 Å². The lowest BCUT2D eigenvalue weighted by Gasteiger charge is -2.31. The molecular formula is C46H54N6O10. The molecule has 7 rings (SSSR count). The number of unbranched alkanes of at least 4 members (excludes halogenated alkanes) is 2. The Labute approximate surface area is 361 Å². The fourth-order valence-corrected chi connectivity index (χ4v) is 7.81. The number of anilines is 2. The molecule has 4 atom stereocenters. The van der Waals surface area contributed by atoms with Gasteiger partial charge in [0.1, 0.15) is 12.4 Å². The van der Waals surface area contributed by atoms with Crippen LogP contribution in [0.2, 0.25) is 0 Å². The number of ether oxygens (including phenoxy) is 5. The number of hydrogen-bond acceptors (Lipinski definition) is 13. The van der Waals surface area contributed by atoms with Crippen LogP contribution in [0, 0.1) is 0 Å². The highest BCUT2D eigenvalue weighted by Crippen LogP contribution is 2.42. The second kappa shape index (κ2) is 19.1. The van der Waals surface area contributed by atoms with Crippen molar-refractivity contribution >= 4 is 47.0 Å². The second-order valence-electron chi connectivity index (χ2n) is 15.9. The molecule has 0 saturated heterocycles. The first-order chi connectivity index (χ1) is 29.9. The average Bonchev–Trinajstić information content (AvgIpc) is 3.80. The lowest BCUT2D eigenvalue weighted by Crippen LogP contribution is -2.50. The Morgan fingerprint density at radius 1 is 0.839 bits per heavy atom. The van der Waals surface area contributed by atoms with Gasteiger partial charge in [-0.1, -0.05) is 23.3 Å². The number of Topliss-reactive ketones (excluding diaryl/α,β-unsaturated/α-hetero) is 1. The van der Waals surface area contributed by atoms with Crippen LogP contribution in [0.4, 0.5) is 21.9 Å². The summed E-state index contributed by atoms with van der Waals surface area (Å²) in [6.07, 6.45) is 6.30. The number of nitrogens with zero attached hydrogens (tertiary/aromatic N) is 4. The number of hydrogen-bond donors (Lipinski definition) is 3. The zero-order valence-corrected chi connectivity index (χ0v) is 35.9. The van der Waals surface area contributed by atoms with Crippen LogP contribution in [-0.4, -0.2) is 103 Å². The number of carbonyl (C=O) groups excluding carboxylic acids is 4. The molecule has 0 spiro atoms. The normalized spacial score (nSPS) is 19.3. The highest BCUT2D eigenvalue weighted by molar-refractivity contribution is 6.07. The summed E-state index contributed by atoms with van der Waals surface area (Å²) in [4.78, 5) is 61.7. The van der Waals surface area contributed by atoms with Crippen LogP contribution in [0.5, 0.6) is 23.0 Å². The summed E-state index contributed by atoms with van der Waals surface area (Å²) in [6.45, 7) is 8.16. The van der Waals surface area contributed by atoms with Crippen molar-refractivity contribution in [3.8, 4) is 23.0 Å². The third kappa shape index (κ3) is 9.40. The van der Waals surface area contributed by atoms with Crippen molar-refractivity contribution in [1.82, 2.24) is 15.1 Å². The summed E-state index contributed by atoms with van der Waals surface area (Å²) >= 11 is 0. The zero-order chi connectivity index (χ0) is 44.1. The summed E-state index contributed by atoms with van der Waals surface area (Å²) in [5, 5.41) is 18.0. The van der Waals surface area contributed by atoms with E-state index in [1.54, 1.807) is 54.6 Å². The Hall–Kier alpha value is -6.39. The van der Waals surface area contributed by atoms with Gasteiger partial charge in [-0.3, -0.25) is 24.7 Å². The molecule has 3 aromatic carbocycles. The van der Waals surface area contributed by atoms with Gasteiger partial charge in [-0.2, -0.15) is 0 Å². The van der Waals surface area contributed by atoms with Gasteiger partial charge in [0.2, 0.25) is 0 Å². The van der Waals surface area contributed by atoms with E-state index in [1.807, 2.05) is 32.2 Å². The third-order valence-electron chi connectivity index (χ3n) is 11.4. The largest absolute Gasteiger partial charge is 0.493 e. The fraction of sp³-hybridized carbons (Fsp3) is 0.413. The monoisotopic (exact) mass is 850 g/mol. The predicted octanol–water partition coefficient (Wildman–Crippen LogP) is 6.70. The van der Waals surface area contributed by atoms with Crippen LogP contribution in [0.25, 0.3) is 0 Å². The van der Waals surface area contributed by atoms with E-state index in [0.29, 0.717) is 72.4 Å². The number of fused-ring (bicyclic) bond motifs is 4. The Bertz CT molecular complexity index is 2290. The zero-order valence-electron chi connectivity index (χ0n) is 35.9. The van der Waals surface area contributed by atoms with E-state index in [2.05, 4.69) is 15.6 Å². The minimum Gasteiger partial charge on any atom is -0.493 e. The van der Waals surface area contributed by atoms with Gasteiger partial charge in [-0.25, -0.2) is 9.69 Å². The van der Waals surface area contributed by atoms with E-state index in [9.17, 15) is 24.3 Å². The minimum absolute atomic E-state index is 0.0420. The van der Waals surface area contributed by atoms with Gasteiger partial charge < -0.3 is 43.9 Å². The molecule has 16 heteroatoms. The van der Waals surface area contributed by atoms with Gasteiger partial charge in [-0.15, -0.1) is 0 Å². The van der Waals surface area contributed by atoms with Crippen molar-refractivity contribution in [3.05, 3.63) is 88.8 Å². The van der Waals surface area contributed by atoms with E-state index < -0.39 is 24.3 Å².